The summed E-state index contributed by atoms with van der Waals surface area (Å²) in [6.45, 7) is 4.71. The quantitative estimate of drug-likeness (QED) is 0.427. The minimum atomic E-state index is 0.486. The van der Waals surface area contributed by atoms with Crippen LogP contribution in [0.25, 0.3) is 0 Å². The normalized spacial score (nSPS) is 11.2. The molecule has 8 heavy (non-hydrogen) atoms. The van der Waals surface area contributed by atoms with E-state index in [1.54, 1.807) is 11.3 Å². The fraction of sp³-hybridized carbons (Fsp3) is 1.00. The zero-order chi connectivity index (χ0) is 6.83. The molecule has 0 heterocycles. The van der Waals surface area contributed by atoms with Gasteiger partial charge >= 0.3 is 0 Å². The van der Waals surface area contributed by atoms with Crippen LogP contribution in [0.4, 0.5) is 0 Å². The number of rotatable bonds is 2. The van der Waals surface area contributed by atoms with Crippen molar-refractivity contribution in [2.24, 2.45) is 0 Å². The summed E-state index contributed by atoms with van der Waals surface area (Å²) in [4.78, 5) is 0. The van der Waals surface area contributed by atoms with E-state index in [4.69, 9.17) is 0 Å². The summed E-state index contributed by atoms with van der Waals surface area (Å²) >= 11 is 0. The van der Waals surface area contributed by atoms with Gasteiger partial charge in [-0.25, -0.2) is 0 Å². The van der Waals surface area contributed by atoms with Gasteiger partial charge in [0.15, 0.2) is 0 Å². The molecule has 0 unspecified atom stereocenters. The Morgan fingerprint density at radius 3 is 1.12 bits per heavy atom. The SMILES string of the molecule is C[SiH2]C[SiH3].C[SiH2]C[SiH3]. The summed E-state index contributed by atoms with van der Waals surface area (Å²) in [5, 5.41) is 0. The zero-order valence-corrected chi connectivity index (χ0v) is 13.7. The second kappa shape index (κ2) is 15.7. The fourth-order valence-electron chi connectivity index (χ4n) is 0. The van der Waals surface area contributed by atoms with Gasteiger partial charge in [0.2, 0.25) is 0 Å². The average molecular weight is 181 g/mol. The third kappa shape index (κ3) is 28.8. The lowest BCUT2D eigenvalue weighted by molar-refractivity contribution is 2.00. The van der Waals surface area contributed by atoms with Gasteiger partial charge in [-0.15, -0.1) is 0 Å². The molecule has 0 N–H and O–H groups in total. The minimum Gasteiger partial charge on any atom is -0.0751 e. The van der Waals surface area contributed by atoms with E-state index in [0.717, 1.165) is 0 Å². The largest absolute Gasteiger partial charge is 0.0751 e. The van der Waals surface area contributed by atoms with Crippen molar-refractivity contribution >= 4 is 39.5 Å². The van der Waals surface area contributed by atoms with Crippen LogP contribution < -0.4 is 0 Å². The third-order valence-corrected chi connectivity index (χ3v) is 9.00. The maximum absolute atomic E-state index is 2.35. The summed E-state index contributed by atoms with van der Waals surface area (Å²) < 4.78 is 0. The van der Waals surface area contributed by atoms with E-state index < -0.39 is 0 Å². The molecule has 0 bridgehead atoms. The van der Waals surface area contributed by atoms with Gasteiger partial charge in [0.05, 0.1) is 0 Å². The third-order valence-electron chi connectivity index (χ3n) is 1.000. The van der Waals surface area contributed by atoms with Crippen LogP contribution in [0.1, 0.15) is 0 Å². The van der Waals surface area contributed by atoms with Crippen molar-refractivity contribution in [2.45, 2.75) is 24.4 Å². The molecular weight excluding hydrogens is 160 g/mol. The highest BCUT2D eigenvalue weighted by Gasteiger charge is 1.59. The summed E-state index contributed by atoms with van der Waals surface area (Å²) in [5.74, 6) is 0. The van der Waals surface area contributed by atoms with Crippen molar-refractivity contribution in [1.29, 1.82) is 0 Å². The standard InChI is InChI=1S/2C2H10Si2/c2*1-4-2-3/h2*2,4H2,1,3H3. The molecule has 0 amide bonds. The van der Waals surface area contributed by atoms with Gasteiger partial charge in [0.1, 0.15) is 0 Å². The maximum atomic E-state index is 2.35. The Balaban J connectivity index is 0. The molecule has 0 aromatic rings. The highest BCUT2D eigenvalue weighted by molar-refractivity contribution is 6.46. The van der Waals surface area contributed by atoms with Crippen molar-refractivity contribution in [3.63, 3.8) is 0 Å². The van der Waals surface area contributed by atoms with Crippen LogP contribution in [-0.2, 0) is 0 Å². The van der Waals surface area contributed by atoms with Crippen LogP contribution in [0.5, 0.6) is 0 Å². The summed E-state index contributed by atoms with van der Waals surface area (Å²) in [6.07, 6.45) is 0. The van der Waals surface area contributed by atoms with E-state index in [1.165, 1.54) is 20.5 Å². The Morgan fingerprint density at radius 1 is 1.00 bits per heavy atom. The van der Waals surface area contributed by atoms with Crippen LogP contribution in [0.15, 0.2) is 0 Å². The Kier molecular flexibility index (Phi) is 22.8. The van der Waals surface area contributed by atoms with Gasteiger partial charge < -0.3 is 0 Å². The lowest BCUT2D eigenvalue weighted by atomic mass is 11.8. The minimum absolute atomic E-state index is 0.486. The molecular formula is C4H20Si4. The van der Waals surface area contributed by atoms with Gasteiger partial charge in [-0.3, -0.25) is 0 Å². The molecule has 0 saturated carbocycles. The predicted molar refractivity (Wildman–Crippen MR) is 58.3 cm³/mol. The van der Waals surface area contributed by atoms with Gasteiger partial charge in [-0.1, -0.05) is 24.4 Å². The summed E-state index contributed by atoms with van der Waals surface area (Å²) in [7, 11) is 3.88. The molecule has 0 aliphatic rings. The molecule has 0 aromatic heterocycles. The van der Waals surface area contributed by atoms with E-state index >= 15 is 0 Å². The Labute approximate surface area is 64.3 Å². The Bertz CT molecular complexity index is 16.0. The van der Waals surface area contributed by atoms with Crippen LogP contribution in [0.3, 0.4) is 0 Å². The average Bonchev–Trinajstić information content (AvgIpc) is 1.88. The first-order chi connectivity index (χ1) is 3.83. The van der Waals surface area contributed by atoms with Crippen LogP contribution in [0, 0.1) is 0 Å². The van der Waals surface area contributed by atoms with E-state index in [1.807, 2.05) is 0 Å². The van der Waals surface area contributed by atoms with Crippen molar-refractivity contribution < 1.29 is 0 Å². The molecule has 0 aliphatic carbocycles. The lowest BCUT2D eigenvalue weighted by Gasteiger charge is -1.65. The molecule has 0 aromatic carbocycles. The number of hydrogen-bond acceptors (Lipinski definition) is 0. The van der Waals surface area contributed by atoms with Crippen LogP contribution in [-0.4, -0.2) is 39.5 Å². The van der Waals surface area contributed by atoms with Gasteiger partial charge in [0.25, 0.3) is 0 Å². The van der Waals surface area contributed by atoms with Crippen molar-refractivity contribution in [1.82, 2.24) is 0 Å². The smallest absolute Gasteiger partial charge is 0.0132 e. The van der Waals surface area contributed by atoms with Crippen molar-refractivity contribution in [3.05, 3.63) is 0 Å². The van der Waals surface area contributed by atoms with E-state index in [2.05, 4.69) is 13.1 Å². The monoisotopic (exact) mass is 180 g/mol. The number of hydrogen-bond donors (Lipinski definition) is 0. The molecule has 0 nitrogen and oxygen atoms in total. The molecule has 0 atom stereocenters. The zero-order valence-electron chi connectivity index (χ0n) is 6.83. The highest BCUT2D eigenvalue weighted by Crippen LogP contribution is 1.57. The van der Waals surface area contributed by atoms with Crippen molar-refractivity contribution in [2.75, 3.05) is 0 Å². The van der Waals surface area contributed by atoms with Gasteiger partial charge in [0, 0.05) is 19.0 Å². The molecule has 0 spiro atoms. The van der Waals surface area contributed by atoms with E-state index in [-0.39, 0.29) is 0 Å². The van der Waals surface area contributed by atoms with Crippen LogP contribution >= 0.6 is 0 Å². The summed E-state index contributed by atoms with van der Waals surface area (Å²) in [5.41, 5.74) is 3.19. The first-order valence-electron chi connectivity index (χ1n) is 3.83. The second-order valence-electron chi connectivity index (χ2n) is 2.00. The molecule has 52 valence electrons. The molecule has 0 rings (SSSR count). The lowest BCUT2D eigenvalue weighted by Crippen LogP contribution is -1.73. The Hall–Kier alpha value is 0.868. The summed E-state index contributed by atoms with van der Waals surface area (Å²) in [6, 6.07) is 0. The predicted octanol–water partition coefficient (Wildman–Crippen LogP) is -2.11. The highest BCUT2D eigenvalue weighted by atomic mass is 28.3. The van der Waals surface area contributed by atoms with E-state index in [9.17, 15) is 0 Å². The van der Waals surface area contributed by atoms with Gasteiger partial charge in [-0.05, 0) is 20.5 Å². The maximum Gasteiger partial charge on any atom is 0.0132 e. The first-order valence-corrected chi connectivity index (χ1v) is 11.5. The molecule has 0 saturated heterocycles. The fourth-order valence-corrected chi connectivity index (χ4v) is 0. The topological polar surface area (TPSA) is 0 Å². The second-order valence-corrected chi connectivity index (χ2v) is 12.0. The van der Waals surface area contributed by atoms with Crippen molar-refractivity contribution in [3.8, 4) is 0 Å². The molecule has 4 heteroatoms. The van der Waals surface area contributed by atoms with Crippen LogP contribution in [0.2, 0.25) is 24.4 Å². The van der Waals surface area contributed by atoms with E-state index in [0.29, 0.717) is 19.0 Å². The Morgan fingerprint density at radius 2 is 1.12 bits per heavy atom. The molecule has 0 radical (unpaired) electrons. The first kappa shape index (κ1) is 11.6. The van der Waals surface area contributed by atoms with Gasteiger partial charge in [-0.2, -0.15) is 0 Å². The molecule has 0 fully saturated rings. The molecule has 0 aliphatic heterocycles.